The van der Waals surface area contributed by atoms with E-state index < -0.39 is 29.1 Å². The van der Waals surface area contributed by atoms with Crippen molar-refractivity contribution in [1.29, 1.82) is 0 Å². The van der Waals surface area contributed by atoms with Crippen molar-refractivity contribution in [3.8, 4) is 0 Å². The molecule has 1 fully saturated rings. The van der Waals surface area contributed by atoms with Crippen molar-refractivity contribution < 1.29 is 27.8 Å². The number of hydrogen-bond donors (Lipinski definition) is 2. The van der Waals surface area contributed by atoms with Crippen molar-refractivity contribution in [1.82, 2.24) is 19.7 Å². The Morgan fingerprint density at radius 1 is 1.30 bits per heavy atom. The van der Waals surface area contributed by atoms with Gasteiger partial charge in [0, 0.05) is 18.0 Å². The zero-order valence-electron chi connectivity index (χ0n) is 17.6. The number of aromatic nitrogens is 4. The fourth-order valence-corrected chi connectivity index (χ4v) is 4.10. The highest BCUT2D eigenvalue weighted by molar-refractivity contribution is 7.99. The molecule has 1 saturated heterocycles. The molecule has 8 nitrogen and oxygen atoms in total. The number of hydrogen-bond acceptors (Lipinski definition) is 7. The first-order valence-corrected chi connectivity index (χ1v) is 10.7. The van der Waals surface area contributed by atoms with E-state index >= 15 is 0 Å². The Labute approximate surface area is 191 Å². The second-order valence-electron chi connectivity index (χ2n) is 7.71. The third kappa shape index (κ3) is 5.02. The molecule has 1 aromatic carbocycles. The predicted molar refractivity (Wildman–Crippen MR) is 114 cm³/mol. The molecule has 4 rings (SSSR count). The molecule has 174 valence electrons. The van der Waals surface area contributed by atoms with Gasteiger partial charge in [0.15, 0.2) is 5.16 Å². The number of benzene rings is 1. The molecule has 0 aliphatic carbocycles. The molecule has 3 aromatic rings. The number of aliphatic hydroxyl groups is 1. The molecule has 1 aliphatic heterocycles. The summed E-state index contributed by atoms with van der Waals surface area (Å²) in [5, 5.41) is 21.6. The van der Waals surface area contributed by atoms with Gasteiger partial charge in [-0.2, -0.15) is 13.2 Å². The standard InChI is InChI=1S/C21H20F3N5O3S/c1-12(33-19-28-25-11-29(19)2)13-4-3-5-15(6-13)26-18(30)16-7-14(20(31)9-32-10-20)8-17(27-16)21(22,23)24/h3-8,11-12,31H,9-10H2,1-2H3,(H,26,30)/t12-/m0/s1. The minimum atomic E-state index is -4.78. The van der Waals surface area contributed by atoms with Crippen LogP contribution >= 0.6 is 11.8 Å². The Morgan fingerprint density at radius 2 is 2.06 bits per heavy atom. The lowest BCUT2D eigenvalue weighted by Crippen LogP contribution is -2.46. The molecule has 3 heterocycles. The monoisotopic (exact) mass is 479 g/mol. The molecule has 1 amide bonds. The Morgan fingerprint density at radius 3 is 2.67 bits per heavy atom. The number of nitrogens with zero attached hydrogens (tertiary/aromatic N) is 4. The van der Waals surface area contributed by atoms with Crippen LogP contribution in [0.25, 0.3) is 0 Å². The maximum absolute atomic E-state index is 13.4. The van der Waals surface area contributed by atoms with E-state index in [9.17, 15) is 23.1 Å². The third-order valence-corrected chi connectivity index (χ3v) is 6.34. The van der Waals surface area contributed by atoms with E-state index in [0.717, 1.165) is 22.9 Å². The van der Waals surface area contributed by atoms with Crippen LogP contribution < -0.4 is 5.32 Å². The summed E-state index contributed by atoms with van der Waals surface area (Å²) in [7, 11) is 1.83. The second kappa shape index (κ2) is 8.76. The molecular formula is C21H20F3N5O3S. The largest absolute Gasteiger partial charge is 0.433 e. The van der Waals surface area contributed by atoms with E-state index in [1.54, 1.807) is 29.1 Å². The number of rotatable bonds is 6. The minimum absolute atomic E-state index is 0.0316. The number of aryl methyl sites for hydroxylation is 1. The number of carbonyl (C=O) groups excluding carboxylic acids is 1. The molecule has 12 heteroatoms. The van der Waals surface area contributed by atoms with Gasteiger partial charge < -0.3 is 19.7 Å². The number of amides is 1. The average molecular weight is 479 g/mol. The first-order chi connectivity index (χ1) is 15.5. The molecule has 2 aromatic heterocycles. The normalized spacial score (nSPS) is 16.2. The summed E-state index contributed by atoms with van der Waals surface area (Å²) in [4.78, 5) is 16.3. The van der Waals surface area contributed by atoms with Crippen molar-refractivity contribution in [3.05, 3.63) is 65.2 Å². The van der Waals surface area contributed by atoms with Gasteiger partial charge in [-0.15, -0.1) is 10.2 Å². The summed E-state index contributed by atoms with van der Waals surface area (Å²) in [5.41, 5.74) is -2.08. The van der Waals surface area contributed by atoms with Crippen molar-refractivity contribution in [3.63, 3.8) is 0 Å². The summed E-state index contributed by atoms with van der Waals surface area (Å²) in [5.74, 6) is -0.822. The first kappa shape index (κ1) is 23.2. The number of thioether (sulfide) groups is 1. The summed E-state index contributed by atoms with van der Waals surface area (Å²) < 4.78 is 46.8. The van der Waals surface area contributed by atoms with Gasteiger partial charge in [0.25, 0.3) is 5.91 Å². The number of carbonyl (C=O) groups is 1. The number of nitrogens with one attached hydrogen (secondary N) is 1. The average Bonchev–Trinajstić information content (AvgIpc) is 3.15. The summed E-state index contributed by atoms with van der Waals surface area (Å²) in [6, 6.07) is 8.86. The first-order valence-electron chi connectivity index (χ1n) is 9.87. The molecule has 33 heavy (non-hydrogen) atoms. The van der Waals surface area contributed by atoms with Gasteiger partial charge in [-0.25, -0.2) is 4.98 Å². The third-order valence-electron chi connectivity index (χ3n) is 5.13. The van der Waals surface area contributed by atoms with Crippen molar-refractivity contribution >= 4 is 23.4 Å². The molecule has 2 N–H and O–H groups in total. The van der Waals surface area contributed by atoms with Crippen LogP contribution in [0.2, 0.25) is 0 Å². The van der Waals surface area contributed by atoms with E-state index in [-0.39, 0.29) is 24.0 Å². The smallest absolute Gasteiger partial charge is 0.380 e. The minimum Gasteiger partial charge on any atom is -0.380 e. The predicted octanol–water partition coefficient (Wildman–Crippen LogP) is 3.55. The van der Waals surface area contributed by atoms with Crippen LogP contribution in [0.3, 0.4) is 0 Å². The van der Waals surface area contributed by atoms with Gasteiger partial charge in [0.2, 0.25) is 0 Å². The SMILES string of the molecule is C[C@H](Sc1nncn1C)c1cccc(NC(=O)c2cc(C3(O)COC3)cc(C(F)(F)F)n2)c1. The molecule has 0 spiro atoms. The van der Waals surface area contributed by atoms with E-state index in [4.69, 9.17) is 4.74 Å². The lowest BCUT2D eigenvalue weighted by atomic mass is 9.91. The molecule has 1 aliphatic rings. The molecule has 1 atom stereocenters. The van der Waals surface area contributed by atoms with Gasteiger partial charge in [-0.3, -0.25) is 4.79 Å². The number of alkyl halides is 3. The lowest BCUT2D eigenvalue weighted by molar-refractivity contribution is -0.185. The summed E-state index contributed by atoms with van der Waals surface area (Å²) in [6.45, 7) is 1.65. The fraction of sp³-hybridized carbons (Fsp3) is 0.333. The highest BCUT2D eigenvalue weighted by atomic mass is 32.2. The maximum Gasteiger partial charge on any atom is 0.433 e. The quantitative estimate of drug-likeness (QED) is 0.522. The highest BCUT2D eigenvalue weighted by Gasteiger charge is 2.41. The van der Waals surface area contributed by atoms with E-state index in [1.165, 1.54) is 11.8 Å². The summed E-state index contributed by atoms with van der Waals surface area (Å²) >= 11 is 1.47. The second-order valence-corrected chi connectivity index (χ2v) is 9.02. The number of halogens is 3. The number of ether oxygens (including phenoxy) is 1. The molecule has 0 saturated carbocycles. The van der Waals surface area contributed by atoms with Gasteiger partial charge in [0.05, 0.1) is 13.2 Å². The van der Waals surface area contributed by atoms with Crippen molar-refractivity contribution in [2.75, 3.05) is 18.5 Å². The zero-order chi connectivity index (χ0) is 23.8. The van der Waals surface area contributed by atoms with Gasteiger partial charge in [0.1, 0.15) is 23.3 Å². The molecule has 0 bridgehead atoms. The molecule has 0 radical (unpaired) electrons. The van der Waals surface area contributed by atoms with Crippen LogP contribution in [0.4, 0.5) is 18.9 Å². The number of anilines is 1. The molecular weight excluding hydrogens is 459 g/mol. The van der Waals surface area contributed by atoms with E-state index in [2.05, 4.69) is 20.5 Å². The Kier molecular flexibility index (Phi) is 6.16. The maximum atomic E-state index is 13.4. The van der Waals surface area contributed by atoms with Crippen LogP contribution in [0.1, 0.15) is 39.5 Å². The Bertz CT molecular complexity index is 1180. The van der Waals surface area contributed by atoms with E-state index in [0.29, 0.717) is 5.69 Å². The Hall–Kier alpha value is -2.96. The zero-order valence-corrected chi connectivity index (χ0v) is 18.4. The fourth-order valence-electron chi connectivity index (χ4n) is 3.19. The highest BCUT2D eigenvalue weighted by Crippen LogP contribution is 2.36. The topological polar surface area (TPSA) is 102 Å². The molecule has 0 unspecified atom stereocenters. The van der Waals surface area contributed by atoms with Crippen molar-refractivity contribution in [2.45, 2.75) is 29.1 Å². The Balaban J connectivity index is 1.56. The van der Waals surface area contributed by atoms with Crippen LogP contribution in [0.5, 0.6) is 0 Å². The lowest BCUT2D eigenvalue weighted by Gasteiger charge is -2.37. The van der Waals surface area contributed by atoms with Crippen molar-refractivity contribution in [2.24, 2.45) is 7.05 Å². The van der Waals surface area contributed by atoms with Gasteiger partial charge in [-0.05, 0) is 42.3 Å². The van der Waals surface area contributed by atoms with Gasteiger partial charge >= 0.3 is 6.18 Å². The van der Waals surface area contributed by atoms with Crippen LogP contribution in [0, 0.1) is 0 Å². The van der Waals surface area contributed by atoms with Crippen LogP contribution in [-0.4, -0.2) is 44.0 Å². The van der Waals surface area contributed by atoms with Crippen LogP contribution in [-0.2, 0) is 23.6 Å². The summed E-state index contributed by atoms with van der Waals surface area (Å²) in [6.07, 6.45) is -3.19. The van der Waals surface area contributed by atoms with Crippen LogP contribution in [0.15, 0.2) is 47.9 Å². The van der Waals surface area contributed by atoms with Gasteiger partial charge in [-0.1, -0.05) is 23.9 Å². The van der Waals surface area contributed by atoms with E-state index in [1.807, 2.05) is 20.0 Å². The number of pyridine rings is 1.